The molecule has 0 aliphatic heterocycles. The molecule has 0 unspecified atom stereocenters. The molecule has 0 rings (SSSR count). The van der Waals surface area contributed by atoms with Gasteiger partial charge in [-0.15, -0.1) is 0 Å². The number of carbonyl (C=O) groups is 2. The Morgan fingerprint density at radius 1 is 0.800 bits per heavy atom. The van der Waals surface area contributed by atoms with Crippen LogP contribution in [-0.2, 0) is 23.8 Å². The summed E-state index contributed by atoms with van der Waals surface area (Å²) in [5.41, 5.74) is 0. The fourth-order valence-electron chi connectivity index (χ4n) is 1.02. The van der Waals surface area contributed by atoms with Crippen molar-refractivity contribution in [3.63, 3.8) is 0 Å². The summed E-state index contributed by atoms with van der Waals surface area (Å²) in [5, 5.41) is 5.06. The molecule has 0 atom stereocenters. The van der Waals surface area contributed by atoms with Gasteiger partial charge in [-0.1, -0.05) is 13.2 Å². The average Bonchev–Trinajstić information content (AvgIpc) is 2.47. The average molecular weight is 286 g/mol. The Morgan fingerprint density at radius 2 is 1.30 bits per heavy atom. The molecule has 0 aromatic carbocycles. The van der Waals surface area contributed by atoms with Crippen molar-refractivity contribution in [2.75, 3.05) is 46.3 Å². The topological polar surface area (TPSA) is 85.9 Å². The smallest absolute Gasteiger partial charge is 0.245 e. The van der Waals surface area contributed by atoms with Crippen molar-refractivity contribution in [2.45, 2.75) is 0 Å². The molecule has 0 radical (unpaired) electrons. The van der Waals surface area contributed by atoms with E-state index in [1.807, 2.05) is 0 Å². The second-order valence-corrected chi connectivity index (χ2v) is 3.52. The Bertz CT molecular complexity index is 277. The molecule has 0 aliphatic carbocycles. The third-order valence-corrected chi connectivity index (χ3v) is 2.01. The fourth-order valence-corrected chi connectivity index (χ4v) is 1.02. The number of nitrogens with one attached hydrogen (secondary N) is 2. The molecular weight excluding hydrogens is 264 g/mol. The number of carbonyl (C=O) groups excluding carboxylic acids is 2. The molecule has 0 aromatic rings. The van der Waals surface area contributed by atoms with E-state index in [9.17, 15) is 9.59 Å². The van der Waals surface area contributed by atoms with Crippen molar-refractivity contribution >= 4 is 11.8 Å². The van der Waals surface area contributed by atoms with Gasteiger partial charge in [0, 0.05) is 6.54 Å². The molecule has 0 aromatic heterocycles. The number of hydrogen-bond donors (Lipinski definition) is 2. The van der Waals surface area contributed by atoms with E-state index >= 15 is 0 Å². The maximum Gasteiger partial charge on any atom is 0.245 e. The van der Waals surface area contributed by atoms with Gasteiger partial charge in [-0.25, -0.2) is 0 Å². The molecule has 0 fully saturated rings. The van der Waals surface area contributed by atoms with Gasteiger partial charge >= 0.3 is 0 Å². The van der Waals surface area contributed by atoms with Gasteiger partial charge in [-0.3, -0.25) is 9.59 Å². The Morgan fingerprint density at radius 3 is 1.90 bits per heavy atom. The first kappa shape index (κ1) is 18.3. The zero-order valence-corrected chi connectivity index (χ0v) is 11.6. The SMILES string of the molecule is C=CC(=O)NCCOCCOCCOCNC(=O)C=C. The summed E-state index contributed by atoms with van der Waals surface area (Å²) in [7, 11) is 0. The quantitative estimate of drug-likeness (QED) is 0.273. The molecule has 114 valence electrons. The molecule has 0 saturated heterocycles. The summed E-state index contributed by atoms with van der Waals surface area (Å²) in [4.78, 5) is 21.5. The molecule has 0 heterocycles. The molecule has 20 heavy (non-hydrogen) atoms. The van der Waals surface area contributed by atoms with Crippen LogP contribution in [0.4, 0.5) is 0 Å². The molecule has 7 heteroatoms. The lowest BCUT2D eigenvalue weighted by Crippen LogP contribution is -2.26. The lowest BCUT2D eigenvalue weighted by molar-refractivity contribution is -0.118. The van der Waals surface area contributed by atoms with Gasteiger partial charge in [0.05, 0.1) is 33.0 Å². The second kappa shape index (κ2) is 13.7. The highest BCUT2D eigenvalue weighted by molar-refractivity contribution is 5.87. The van der Waals surface area contributed by atoms with Crippen LogP contribution in [0.5, 0.6) is 0 Å². The van der Waals surface area contributed by atoms with Crippen LogP contribution >= 0.6 is 0 Å². The lowest BCUT2D eigenvalue weighted by atomic mass is 10.5. The van der Waals surface area contributed by atoms with E-state index in [1.165, 1.54) is 12.2 Å². The Balaban J connectivity index is 3.09. The van der Waals surface area contributed by atoms with Crippen LogP contribution in [0.1, 0.15) is 0 Å². The number of ether oxygens (including phenoxy) is 3. The normalized spacial score (nSPS) is 9.80. The van der Waals surface area contributed by atoms with E-state index in [0.29, 0.717) is 39.6 Å². The number of amides is 2. The van der Waals surface area contributed by atoms with Gasteiger partial charge in [0.25, 0.3) is 0 Å². The van der Waals surface area contributed by atoms with Crippen molar-refractivity contribution in [3.8, 4) is 0 Å². The third kappa shape index (κ3) is 12.7. The number of rotatable bonds is 13. The first-order valence-corrected chi connectivity index (χ1v) is 6.24. The summed E-state index contributed by atoms with van der Waals surface area (Å²) in [5.74, 6) is -0.492. The summed E-state index contributed by atoms with van der Waals surface area (Å²) in [6, 6.07) is 0. The van der Waals surface area contributed by atoms with Crippen LogP contribution in [0.2, 0.25) is 0 Å². The van der Waals surface area contributed by atoms with E-state index in [-0.39, 0.29) is 18.5 Å². The van der Waals surface area contributed by atoms with Gasteiger partial charge in [0.2, 0.25) is 11.8 Å². The molecule has 0 spiro atoms. The van der Waals surface area contributed by atoms with Crippen LogP contribution in [0.3, 0.4) is 0 Å². The van der Waals surface area contributed by atoms with Crippen molar-refractivity contribution in [1.82, 2.24) is 10.6 Å². The van der Waals surface area contributed by atoms with Crippen molar-refractivity contribution in [1.29, 1.82) is 0 Å². The van der Waals surface area contributed by atoms with Crippen LogP contribution < -0.4 is 10.6 Å². The van der Waals surface area contributed by atoms with E-state index in [2.05, 4.69) is 23.8 Å². The molecule has 0 bridgehead atoms. The number of hydrogen-bond acceptors (Lipinski definition) is 5. The van der Waals surface area contributed by atoms with Gasteiger partial charge in [0.15, 0.2) is 0 Å². The summed E-state index contributed by atoms with van der Waals surface area (Å²) < 4.78 is 15.5. The van der Waals surface area contributed by atoms with Crippen molar-refractivity contribution in [2.24, 2.45) is 0 Å². The van der Waals surface area contributed by atoms with Crippen LogP contribution in [0.15, 0.2) is 25.3 Å². The Kier molecular flexibility index (Phi) is 12.6. The lowest BCUT2D eigenvalue weighted by Gasteiger charge is -2.07. The first-order chi connectivity index (χ1) is 9.70. The summed E-state index contributed by atoms with van der Waals surface area (Å²) in [6.07, 6.45) is 2.38. The molecule has 2 N–H and O–H groups in total. The maximum atomic E-state index is 10.8. The Labute approximate surface area is 119 Å². The Hall–Kier alpha value is -1.70. The second-order valence-electron chi connectivity index (χ2n) is 3.52. The van der Waals surface area contributed by atoms with Gasteiger partial charge in [-0.05, 0) is 12.2 Å². The standard InChI is InChI=1S/C13H22N2O5/c1-3-12(16)14-5-6-18-7-8-19-9-10-20-11-15-13(17)4-2/h3-4H,1-2,5-11H2,(H,14,16)(H,15,17). The highest BCUT2D eigenvalue weighted by atomic mass is 16.5. The monoisotopic (exact) mass is 286 g/mol. The van der Waals surface area contributed by atoms with Gasteiger partial charge < -0.3 is 24.8 Å². The zero-order valence-electron chi connectivity index (χ0n) is 11.6. The van der Waals surface area contributed by atoms with E-state index < -0.39 is 0 Å². The minimum atomic E-state index is -0.275. The largest absolute Gasteiger partial charge is 0.377 e. The molecule has 0 saturated carbocycles. The minimum Gasteiger partial charge on any atom is -0.377 e. The summed E-state index contributed by atoms with van der Waals surface area (Å²) in [6.45, 7) is 9.32. The fraction of sp³-hybridized carbons (Fsp3) is 0.538. The molecule has 0 aliphatic rings. The van der Waals surface area contributed by atoms with Crippen LogP contribution in [0.25, 0.3) is 0 Å². The molecule has 2 amide bonds. The first-order valence-electron chi connectivity index (χ1n) is 6.24. The van der Waals surface area contributed by atoms with Gasteiger partial charge in [-0.2, -0.15) is 0 Å². The molecular formula is C13H22N2O5. The van der Waals surface area contributed by atoms with E-state index in [4.69, 9.17) is 14.2 Å². The summed E-state index contributed by atoms with van der Waals surface area (Å²) >= 11 is 0. The van der Waals surface area contributed by atoms with Crippen LogP contribution in [-0.4, -0.2) is 58.1 Å². The van der Waals surface area contributed by atoms with Crippen molar-refractivity contribution < 1.29 is 23.8 Å². The van der Waals surface area contributed by atoms with Crippen molar-refractivity contribution in [3.05, 3.63) is 25.3 Å². The predicted octanol–water partition coefficient (Wildman–Crippen LogP) is -0.402. The maximum absolute atomic E-state index is 10.8. The van der Waals surface area contributed by atoms with Crippen LogP contribution in [0, 0.1) is 0 Å². The molecule has 7 nitrogen and oxygen atoms in total. The minimum absolute atomic E-state index is 0.133. The highest BCUT2D eigenvalue weighted by Crippen LogP contribution is 1.81. The zero-order chi connectivity index (χ0) is 15.1. The van der Waals surface area contributed by atoms with E-state index in [0.717, 1.165) is 0 Å². The third-order valence-electron chi connectivity index (χ3n) is 2.01. The predicted molar refractivity (Wildman–Crippen MR) is 74.0 cm³/mol. The highest BCUT2D eigenvalue weighted by Gasteiger charge is 1.95. The van der Waals surface area contributed by atoms with Gasteiger partial charge in [0.1, 0.15) is 6.73 Å². The van der Waals surface area contributed by atoms with E-state index in [1.54, 1.807) is 0 Å².